The summed E-state index contributed by atoms with van der Waals surface area (Å²) in [7, 11) is 0. The molecule has 0 aliphatic carbocycles. The first-order valence-corrected chi connectivity index (χ1v) is 8.04. The number of amides is 1. The number of aliphatic hydroxyl groups excluding tert-OH is 1. The topological polar surface area (TPSA) is 74.7 Å². The Morgan fingerprint density at radius 2 is 1.92 bits per heavy atom. The number of nitrogens with one attached hydrogen (secondary N) is 1. The first-order valence-electron chi connectivity index (χ1n) is 8.04. The predicted molar refractivity (Wildman–Crippen MR) is 94.3 cm³/mol. The number of rotatable bonds is 6. The number of hydrogen-bond donors (Lipinski definition) is 2. The van der Waals surface area contributed by atoms with Crippen LogP contribution in [0.1, 0.15) is 11.1 Å². The van der Waals surface area contributed by atoms with Gasteiger partial charge in [-0.1, -0.05) is 11.8 Å². The Balaban J connectivity index is 1.49. The second-order valence-electron chi connectivity index (χ2n) is 5.73. The van der Waals surface area contributed by atoms with Crippen LogP contribution in [0.3, 0.4) is 0 Å². The quantitative estimate of drug-likeness (QED) is 0.610. The van der Waals surface area contributed by atoms with Crippen LogP contribution in [0.15, 0.2) is 42.6 Å². The maximum Gasteiger partial charge on any atom is 0.212 e. The largest absolute Gasteiger partial charge is 0.492 e. The molecule has 1 aliphatic rings. The molecule has 1 fully saturated rings. The number of aromatic nitrogens is 1. The number of likely N-dealkylation sites (tertiary alicyclic amines) is 1. The third-order valence-electron chi connectivity index (χ3n) is 3.79. The Hall–Kier alpha value is -2.88. The van der Waals surface area contributed by atoms with Crippen LogP contribution in [0.25, 0.3) is 0 Å². The molecule has 0 spiro atoms. The number of benzene rings is 1. The van der Waals surface area contributed by atoms with Gasteiger partial charge in [0.1, 0.15) is 18.2 Å². The molecule has 1 saturated heterocycles. The number of carbonyl (C=O) groups is 1. The van der Waals surface area contributed by atoms with Crippen LogP contribution in [0, 0.1) is 11.8 Å². The average Bonchev–Trinajstić information content (AvgIpc) is 2.61. The van der Waals surface area contributed by atoms with Crippen molar-refractivity contribution in [3.63, 3.8) is 0 Å². The molecule has 128 valence electrons. The average molecular weight is 337 g/mol. The van der Waals surface area contributed by atoms with Gasteiger partial charge in [0.25, 0.3) is 0 Å². The first kappa shape index (κ1) is 17.0. The van der Waals surface area contributed by atoms with Gasteiger partial charge in [0.2, 0.25) is 6.41 Å². The zero-order chi connectivity index (χ0) is 17.5. The number of pyridine rings is 1. The van der Waals surface area contributed by atoms with Crippen molar-refractivity contribution in [1.82, 2.24) is 9.88 Å². The Bertz CT molecular complexity index is 757. The minimum atomic E-state index is -0.175. The van der Waals surface area contributed by atoms with Crippen molar-refractivity contribution in [3.8, 4) is 17.6 Å². The molecule has 1 aliphatic heterocycles. The standard InChI is InChI=1S/C19H19N3O3/c23-14-21-19-8-5-16(11-20-19)2-1-15-3-6-18(7-4-15)25-10-9-22-12-17(24)13-22/h3-8,11,14,17,24H,9-10,12-13H2,(H,20,21,23). The molecule has 1 aromatic heterocycles. The highest BCUT2D eigenvalue weighted by molar-refractivity contribution is 5.68. The molecule has 3 rings (SSSR count). The van der Waals surface area contributed by atoms with E-state index in [0.717, 1.165) is 36.5 Å². The number of carbonyl (C=O) groups excluding carboxylic acids is 1. The van der Waals surface area contributed by atoms with Gasteiger partial charge in [-0.3, -0.25) is 9.69 Å². The van der Waals surface area contributed by atoms with Crippen molar-refractivity contribution in [2.75, 3.05) is 31.6 Å². The van der Waals surface area contributed by atoms with E-state index in [2.05, 4.69) is 27.0 Å². The second-order valence-corrected chi connectivity index (χ2v) is 5.73. The van der Waals surface area contributed by atoms with Crippen molar-refractivity contribution >= 4 is 12.2 Å². The van der Waals surface area contributed by atoms with Gasteiger partial charge in [0.05, 0.1) is 6.10 Å². The van der Waals surface area contributed by atoms with E-state index in [9.17, 15) is 9.90 Å². The zero-order valence-electron chi connectivity index (χ0n) is 13.7. The van der Waals surface area contributed by atoms with E-state index in [0.29, 0.717) is 18.8 Å². The summed E-state index contributed by atoms with van der Waals surface area (Å²) < 4.78 is 5.68. The van der Waals surface area contributed by atoms with E-state index < -0.39 is 0 Å². The number of ether oxygens (including phenoxy) is 1. The maximum absolute atomic E-state index is 10.3. The van der Waals surface area contributed by atoms with Gasteiger partial charge in [-0.25, -0.2) is 4.98 Å². The van der Waals surface area contributed by atoms with E-state index in [4.69, 9.17) is 4.74 Å². The van der Waals surface area contributed by atoms with Gasteiger partial charge < -0.3 is 15.2 Å². The van der Waals surface area contributed by atoms with Gasteiger partial charge in [-0.15, -0.1) is 0 Å². The van der Waals surface area contributed by atoms with Crippen molar-refractivity contribution < 1.29 is 14.6 Å². The van der Waals surface area contributed by atoms with Crippen LogP contribution in [-0.4, -0.2) is 53.7 Å². The molecule has 25 heavy (non-hydrogen) atoms. The van der Waals surface area contributed by atoms with Crippen molar-refractivity contribution in [3.05, 3.63) is 53.7 Å². The molecule has 1 aromatic carbocycles. The van der Waals surface area contributed by atoms with E-state index >= 15 is 0 Å². The molecular formula is C19H19N3O3. The number of β-amino-alcohol motifs (C(OH)–C–C–N with tert-alkyl or cyclic N) is 1. The molecule has 2 aromatic rings. The van der Waals surface area contributed by atoms with Gasteiger partial charge in [-0.05, 0) is 36.4 Å². The molecule has 1 amide bonds. The summed E-state index contributed by atoms with van der Waals surface area (Å²) in [6.07, 6.45) is 2.03. The molecule has 0 atom stereocenters. The lowest BCUT2D eigenvalue weighted by molar-refractivity contribution is -0.105. The molecule has 6 nitrogen and oxygen atoms in total. The van der Waals surface area contributed by atoms with E-state index in [1.165, 1.54) is 0 Å². The smallest absolute Gasteiger partial charge is 0.212 e. The van der Waals surface area contributed by atoms with Gasteiger partial charge >= 0.3 is 0 Å². The molecule has 0 saturated carbocycles. The van der Waals surface area contributed by atoms with E-state index in [1.807, 2.05) is 24.3 Å². The van der Waals surface area contributed by atoms with Gasteiger partial charge in [0.15, 0.2) is 0 Å². The molecule has 2 N–H and O–H groups in total. The highest BCUT2D eigenvalue weighted by Gasteiger charge is 2.23. The minimum Gasteiger partial charge on any atom is -0.492 e. The highest BCUT2D eigenvalue weighted by Crippen LogP contribution is 2.13. The summed E-state index contributed by atoms with van der Waals surface area (Å²) in [5.41, 5.74) is 1.65. The Kier molecular flexibility index (Phi) is 5.62. The third kappa shape index (κ3) is 5.05. The number of hydrogen-bond acceptors (Lipinski definition) is 5. The fourth-order valence-electron chi connectivity index (χ4n) is 2.41. The molecule has 6 heteroatoms. The summed E-state index contributed by atoms with van der Waals surface area (Å²) in [6, 6.07) is 11.1. The number of aliphatic hydroxyl groups is 1. The van der Waals surface area contributed by atoms with Crippen LogP contribution in [0.5, 0.6) is 5.75 Å². The first-order chi connectivity index (χ1) is 12.2. The summed E-state index contributed by atoms with van der Waals surface area (Å²) in [4.78, 5) is 16.5. The Labute approximate surface area is 146 Å². The maximum atomic E-state index is 10.3. The lowest BCUT2D eigenvalue weighted by Gasteiger charge is -2.35. The molecule has 0 bridgehead atoms. The summed E-state index contributed by atoms with van der Waals surface area (Å²) >= 11 is 0. The van der Waals surface area contributed by atoms with E-state index in [-0.39, 0.29) is 6.10 Å². The summed E-state index contributed by atoms with van der Waals surface area (Å²) in [6.45, 7) is 2.89. The Morgan fingerprint density at radius 3 is 2.56 bits per heavy atom. The summed E-state index contributed by atoms with van der Waals surface area (Å²) in [5.74, 6) is 7.39. The fourth-order valence-corrected chi connectivity index (χ4v) is 2.41. The molecule has 0 unspecified atom stereocenters. The molecule has 0 radical (unpaired) electrons. The molecule has 2 heterocycles. The van der Waals surface area contributed by atoms with Crippen LogP contribution in [0.2, 0.25) is 0 Å². The van der Waals surface area contributed by atoms with Crippen LogP contribution in [-0.2, 0) is 4.79 Å². The minimum absolute atomic E-state index is 0.175. The second kappa shape index (κ2) is 8.29. The fraction of sp³-hybridized carbons (Fsp3) is 0.263. The zero-order valence-corrected chi connectivity index (χ0v) is 13.7. The monoisotopic (exact) mass is 337 g/mol. The lowest BCUT2D eigenvalue weighted by atomic mass is 10.2. The SMILES string of the molecule is O=CNc1ccc(C#Cc2ccc(OCCN3CC(O)C3)cc2)cn1. The van der Waals surface area contributed by atoms with Crippen LogP contribution < -0.4 is 10.1 Å². The van der Waals surface area contributed by atoms with Crippen molar-refractivity contribution in [2.24, 2.45) is 0 Å². The molecular weight excluding hydrogens is 318 g/mol. The number of anilines is 1. The highest BCUT2D eigenvalue weighted by atomic mass is 16.5. The van der Waals surface area contributed by atoms with Gasteiger partial charge in [0, 0.05) is 37.0 Å². The normalized spacial score (nSPS) is 14.1. The van der Waals surface area contributed by atoms with Crippen LogP contribution in [0.4, 0.5) is 5.82 Å². The number of nitrogens with zero attached hydrogens (tertiary/aromatic N) is 2. The lowest BCUT2D eigenvalue weighted by Crippen LogP contribution is -2.51. The van der Waals surface area contributed by atoms with Crippen molar-refractivity contribution in [1.29, 1.82) is 0 Å². The Morgan fingerprint density at radius 1 is 1.20 bits per heavy atom. The summed E-state index contributed by atoms with van der Waals surface area (Å²) in [5, 5.41) is 11.7. The predicted octanol–water partition coefficient (Wildman–Crippen LogP) is 1.10. The van der Waals surface area contributed by atoms with Crippen molar-refractivity contribution in [2.45, 2.75) is 6.10 Å². The van der Waals surface area contributed by atoms with Crippen LogP contribution >= 0.6 is 0 Å². The third-order valence-corrected chi connectivity index (χ3v) is 3.79. The van der Waals surface area contributed by atoms with Gasteiger partial charge in [-0.2, -0.15) is 0 Å². The van der Waals surface area contributed by atoms with E-state index in [1.54, 1.807) is 18.3 Å².